The molecule has 0 bridgehead atoms. The summed E-state index contributed by atoms with van der Waals surface area (Å²) in [6, 6.07) is 7.62. The molecule has 32 heavy (non-hydrogen) atoms. The predicted molar refractivity (Wildman–Crippen MR) is 124 cm³/mol. The quantitative estimate of drug-likeness (QED) is 0.251. The number of hydrogen-bond acceptors (Lipinski definition) is 7. The number of Topliss-reactive ketones (excluding diaryl/α,β-unsaturated/α-hetero) is 1. The molecule has 1 unspecified atom stereocenters. The van der Waals surface area contributed by atoms with Crippen LogP contribution in [0.2, 0.25) is 0 Å². The molecule has 0 radical (unpaired) electrons. The highest BCUT2D eigenvalue weighted by Crippen LogP contribution is 2.36. The lowest BCUT2D eigenvalue weighted by atomic mass is 9.87. The number of carbonyl (C=O) groups is 1. The third kappa shape index (κ3) is 4.29. The number of anilines is 3. The maximum Gasteiger partial charge on any atom is 0.180 e. The minimum atomic E-state index is -0.904. The van der Waals surface area contributed by atoms with Crippen molar-refractivity contribution < 1.29 is 13.6 Å². The largest absolute Gasteiger partial charge is 0.384 e. The van der Waals surface area contributed by atoms with Crippen molar-refractivity contribution in [2.75, 3.05) is 21.5 Å². The molecule has 0 fully saturated rings. The number of halogens is 2. The van der Waals surface area contributed by atoms with Crippen LogP contribution in [0.3, 0.4) is 0 Å². The summed E-state index contributed by atoms with van der Waals surface area (Å²) in [5, 5.41) is 2.98. The summed E-state index contributed by atoms with van der Waals surface area (Å²) in [4.78, 5) is 21.8. The number of carbonyl (C=O) groups excluding carboxylic acids is 1. The van der Waals surface area contributed by atoms with Crippen LogP contribution in [0, 0.1) is 11.6 Å². The Kier molecular flexibility index (Phi) is 6.36. The molecular weight excluding hydrogens is 432 g/mol. The van der Waals surface area contributed by atoms with E-state index in [4.69, 9.17) is 5.73 Å². The first-order valence-electron chi connectivity index (χ1n) is 10.0. The molecule has 0 aliphatic carbocycles. The third-order valence-electron chi connectivity index (χ3n) is 4.99. The van der Waals surface area contributed by atoms with Crippen molar-refractivity contribution in [1.29, 1.82) is 0 Å². The fourth-order valence-electron chi connectivity index (χ4n) is 3.37. The number of aromatic nitrogens is 2. The smallest absolute Gasteiger partial charge is 0.180 e. The van der Waals surface area contributed by atoms with Gasteiger partial charge in [0.05, 0.1) is 17.2 Å². The molecule has 9 heteroatoms. The maximum absolute atomic E-state index is 15.1. The topological polar surface area (TPSA) is 92.9 Å². The second-order valence-corrected chi connectivity index (χ2v) is 8.11. The number of nitrogens with one attached hydrogen (secondary N) is 2. The number of nitrogen functional groups attached to an aromatic ring is 1. The number of fused-ring (bicyclic) bond motifs is 1. The van der Waals surface area contributed by atoms with Gasteiger partial charge in [-0.05, 0) is 43.0 Å². The Morgan fingerprint density at radius 3 is 2.75 bits per heavy atom. The monoisotopic (exact) mass is 453 g/mol. The second-order valence-electron chi connectivity index (χ2n) is 7.21. The minimum Gasteiger partial charge on any atom is -0.384 e. The van der Waals surface area contributed by atoms with Gasteiger partial charge in [0.25, 0.3) is 0 Å². The Labute approximate surface area is 188 Å². The van der Waals surface area contributed by atoms with Crippen LogP contribution in [0.15, 0.2) is 55.0 Å². The number of nitrogens with zero attached hydrogens (tertiary/aromatic N) is 2. The molecule has 164 valence electrons. The Hall–Kier alpha value is -3.46. The van der Waals surface area contributed by atoms with Crippen LogP contribution in [0.1, 0.15) is 35.2 Å². The van der Waals surface area contributed by atoms with Crippen LogP contribution in [0.5, 0.6) is 0 Å². The fourth-order valence-corrected chi connectivity index (χ4v) is 3.99. The number of nitrogens with two attached hydrogens (primary N) is 1. The molecule has 4 N–H and O–H groups in total. The van der Waals surface area contributed by atoms with Crippen LogP contribution in [-0.4, -0.2) is 21.5 Å². The summed E-state index contributed by atoms with van der Waals surface area (Å²) >= 11 is 1.30. The maximum atomic E-state index is 15.1. The van der Waals surface area contributed by atoms with Crippen molar-refractivity contribution in [2.45, 2.75) is 19.3 Å². The zero-order chi connectivity index (χ0) is 22.7. The normalized spacial score (nSPS) is 14.5. The van der Waals surface area contributed by atoms with Gasteiger partial charge in [-0.15, -0.1) is 0 Å². The van der Waals surface area contributed by atoms with E-state index in [0.717, 1.165) is 23.8 Å². The Balaban J connectivity index is 1.71. The molecule has 0 amide bonds. The van der Waals surface area contributed by atoms with Crippen LogP contribution < -0.4 is 15.8 Å². The molecule has 1 atom stereocenters. The highest BCUT2D eigenvalue weighted by molar-refractivity contribution is 8.00. The number of hydrogen-bond donors (Lipinski definition) is 3. The van der Waals surface area contributed by atoms with E-state index in [9.17, 15) is 9.18 Å². The SMILES string of the molecule is CCCSNc1ccc(F)c(C(=O)C2C=CNc3ncc(-c4ccc(N)nc4)cc32)c1F. The van der Waals surface area contributed by atoms with Crippen molar-refractivity contribution in [2.24, 2.45) is 0 Å². The van der Waals surface area contributed by atoms with Crippen molar-refractivity contribution in [1.82, 2.24) is 9.97 Å². The van der Waals surface area contributed by atoms with E-state index in [1.165, 1.54) is 18.0 Å². The van der Waals surface area contributed by atoms with E-state index in [1.54, 1.807) is 42.9 Å². The standard InChI is InChI=1S/C23H21F2N5OS/c1-2-9-32-30-18-5-4-17(24)20(21(18)25)22(31)15-7-8-27-23-16(15)10-14(12-29-23)13-3-6-19(26)28-11-13/h3-8,10-12,15,30H,2,9H2,1H3,(H2,26,28)(H,27,29). The van der Waals surface area contributed by atoms with Crippen LogP contribution in [0.25, 0.3) is 11.1 Å². The number of ketones is 1. The molecule has 4 rings (SSSR count). The molecular formula is C23H21F2N5OS. The first-order chi connectivity index (χ1) is 15.5. The van der Waals surface area contributed by atoms with Gasteiger partial charge in [0.15, 0.2) is 11.6 Å². The molecule has 0 saturated heterocycles. The van der Waals surface area contributed by atoms with E-state index in [2.05, 4.69) is 20.0 Å². The van der Waals surface area contributed by atoms with Crippen LogP contribution >= 0.6 is 11.9 Å². The first kappa shape index (κ1) is 21.8. The van der Waals surface area contributed by atoms with E-state index in [1.807, 2.05) is 6.92 Å². The Morgan fingerprint density at radius 2 is 2.00 bits per heavy atom. The lowest BCUT2D eigenvalue weighted by Gasteiger charge is -2.21. The minimum absolute atomic E-state index is 0.0751. The summed E-state index contributed by atoms with van der Waals surface area (Å²) in [7, 11) is 0. The molecule has 3 heterocycles. The number of benzene rings is 1. The molecule has 0 saturated carbocycles. The number of pyridine rings is 2. The van der Waals surface area contributed by atoms with Gasteiger partial charge in [-0.25, -0.2) is 18.7 Å². The van der Waals surface area contributed by atoms with E-state index in [-0.39, 0.29) is 5.69 Å². The summed E-state index contributed by atoms with van der Waals surface area (Å²) < 4.78 is 32.6. The van der Waals surface area contributed by atoms with Gasteiger partial charge in [-0.2, -0.15) is 0 Å². The van der Waals surface area contributed by atoms with E-state index >= 15 is 4.39 Å². The third-order valence-corrected chi connectivity index (χ3v) is 5.97. The van der Waals surface area contributed by atoms with Gasteiger partial charge in [-0.3, -0.25) is 4.79 Å². The predicted octanol–water partition coefficient (Wildman–Crippen LogP) is 5.38. The summed E-state index contributed by atoms with van der Waals surface area (Å²) in [5.74, 6) is -1.81. The summed E-state index contributed by atoms with van der Waals surface area (Å²) in [6.07, 6.45) is 7.25. The zero-order valence-electron chi connectivity index (χ0n) is 17.2. The molecule has 1 aliphatic heterocycles. The second kappa shape index (κ2) is 9.35. The van der Waals surface area contributed by atoms with Gasteiger partial charge in [-0.1, -0.05) is 24.9 Å². The van der Waals surface area contributed by atoms with Crippen molar-refractivity contribution in [3.63, 3.8) is 0 Å². The molecule has 2 aromatic heterocycles. The molecule has 1 aliphatic rings. The Morgan fingerprint density at radius 1 is 1.19 bits per heavy atom. The lowest BCUT2D eigenvalue weighted by molar-refractivity contribution is 0.0968. The van der Waals surface area contributed by atoms with Crippen molar-refractivity contribution in [3.05, 3.63) is 77.8 Å². The Bertz CT molecular complexity index is 1180. The zero-order valence-corrected chi connectivity index (χ0v) is 18.0. The number of allylic oxidation sites excluding steroid dienone is 1. The van der Waals surface area contributed by atoms with Gasteiger partial charge in [0.2, 0.25) is 0 Å². The van der Waals surface area contributed by atoms with Crippen molar-refractivity contribution >= 4 is 35.1 Å². The first-order valence-corrected chi connectivity index (χ1v) is 11.0. The lowest BCUT2D eigenvalue weighted by Crippen LogP contribution is -2.19. The summed E-state index contributed by atoms with van der Waals surface area (Å²) in [6.45, 7) is 1.99. The highest BCUT2D eigenvalue weighted by Gasteiger charge is 2.31. The van der Waals surface area contributed by atoms with E-state index in [0.29, 0.717) is 22.8 Å². The van der Waals surface area contributed by atoms with E-state index < -0.39 is 28.9 Å². The average molecular weight is 454 g/mol. The van der Waals surface area contributed by atoms with Gasteiger partial charge in [0, 0.05) is 34.8 Å². The van der Waals surface area contributed by atoms with Gasteiger partial charge < -0.3 is 15.8 Å². The highest BCUT2D eigenvalue weighted by atomic mass is 32.2. The van der Waals surface area contributed by atoms with Gasteiger partial charge >= 0.3 is 0 Å². The molecule has 6 nitrogen and oxygen atoms in total. The van der Waals surface area contributed by atoms with Crippen LogP contribution in [-0.2, 0) is 0 Å². The number of rotatable bonds is 7. The van der Waals surface area contributed by atoms with Gasteiger partial charge in [0.1, 0.15) is 17.5 Å². The fraction of sp³-hybridized carbons (Fsp3) is 0.174. The molecule has 1 aromatic carbocycles. The molecule has 0 spiro atoms. The molecule has 3 aromatic rings. The van der Waals surface area contributed by atoms with Crippen LogP contribution in [0.4, 0.5) is 26.1 Å². The summed E-state index contributed by atoms with van der Waals surface area (Å²) in [5.41, 5.74) is 7.13. The van der Waals surface area contributed by atoms with Crippen molar-refractivity contribution in [3.8, 4) is 11.1 Å². The average Bonchev–Trinajstić information content (AvgIpc) is 2.80.